The van der Waals surface area contributed by atoms with Gasteiger partial charge in [-0.3, -0.25) is 4.99 Å². The summed E-state index contributed by atoms with van der Waals surface area (Å²) in [6, 6.07) is 8.50. The molecule has 1 aliphatic rings. The number of thioether (sulfide) groups is 1. The van der Waals surface area contributed by atoms with Crippen LogP contribution < -0.4 is 0 Å². The zero-order valence-electron chi connectivity index (χ0n) is 12.6. The van der Waals surface area contributed by atoms with Crippen LogP contribution in [0, 0.1) is 0 Å². The van der Waals surface area contributed by atoms with Gasteiger partial charge in [0.15, 0.2) is 0 Å². The van der Waals surface area contributed by atoms with Crippen LogP contribution in [0.2, 0.25) is 0 Å². The highest BCUT2D eigenvalue weighted by Crippen LogP contribution is 2.28. The second-order valence-electron chi connectivity index (χ2n) is 5.58. The lowest BCUT2D eigenvalue weighted by molar-refractivity contribution is 0.547. The number of H-pyrrole nitrogens is 1. The lowest BCUT2D eigenvalue weighted by Gasteiger charge is -2.10. The Labute approximate surface area is 130 Å². The van der Waals surface area contributed by atoms with Gasteiger partial charge in [-0.05, 0) is 31.1 Å². The first-order valence-electron chi connectivity index (χ1n) is 7.78. The van der Waals surface area contributed by atoms with Crippen molar-refractivity contribution in [3.05, 3.63) is 30.5 Å². The fourth-order valence-electron chi connectivity index (χ4n) is 2.76. The Morgan fingerprint density at radius 1 is 1.29 bits per heavy atom. The number of likely N-dealkylation sites (tertiary alicyclic amines) is 1. The molecule has 2 heterocycles. The van der Waals surface area contributed by atoms with Gasteiger partial charge >= 0.3 is 0 Å². The summed E-state index contributed by atoms with van der Waals surface area (Å²) in [6.45, 7) is 2.16. The quantitative estimate of drug-likeness (QED) is 0.641. The molecule has 21 heavy (non-hydrogen) atoms. The molecule has 1 aromatic heterocycles. The number of aromatic nitrogens is 1. The van der Waals surface area contributed by atoms with Gasteiger partial charge in [-0.15, -0.1) is 11.8 Å². The van der Waals surface area contributed by atoms with Gasteiger partial charge in [-0.25, -0.2) is 0 Å². The zero-order chi connectivity index (χ0) is 14.5. The lowest BCUT2D eigenvalue weighted by atomic mass is 10.2. The van der Waals surface area contributed by atoms with Crippen LogP contribution in [0.5, 0.6) is 0 Å². The molecule has 112 valence electrons. The van der Waals surface area contributed by atoms with Crippen molar-refractivity contribution in [2.24, 2.45) is 4.99 Å². The van der Waals surface area contributed by atoms with Crippen molar-refractivity contribution in [1.29, 1.82) is 0 Å². The van der Waals surface area contributed by atoms with Crippen LogP contribution in [0.3, 0.4) is 0 Å². The Morgan fingerprint density at radius 2 is 2.19 bits per heavy atom. The predicted octanol–water partition coefficient (Wildman–Crippen LogP) is 4.16. The summed E-state index contributed by atoms with van der Waals surface area (Å²) < 4.78 is 0. The summed E-state index contributed by atoms with van der Waals surface area (Å²) in [5.74, 6) is 2.47. The average Bonchev–Trinajstić information content (AvgIpc) is 3.10. The second kappa shape index (κ2) is 7.03. The predicted molar refractivity (Wildman–Crippen MR) is 92.4 cm³/mol. The number of rotatable bonds is 6. The van der Waals surface area contributed by atoms with E-state index < -0.39 is 0 Å². The van der Waals surface area contributed by atoms with Gasteiger partial charge in [0.2, 0.25) is 0 Å². The van der Waals surface area contributed by atoms with Gasteiger partial charge in [0.25, 0.3) is 0 Å². The molecule has 1 fully saturated rings. The lowest BCUT2D eigenvalue weighted by Crippen LogP contribution is -2.19. The molecule has 0 amide bonds. The third kappa shape index (κ3) is 3.62. The Morgan fingerprint density at radius 3 is 3.05 bits per heavy atom. The van der Waals surface area contributed by atoms with E-state index in [4.69, 9.17) is 4.99 Å². The van der Waals surface area contributed by atoms with Gasteiger partial charge in [0.05, 0.1) is 5.84 Å². The summed E-state index contributed by atoms with van der Waals surface area (Å²) in [6.07, 6.45) is 6.98. The molecule has 3 nitrogen and oxygen atoms in total. The molecule has 0 atom stereocenters. The molecule has 1 N–H and O–H groups in total. The molecule has 1 aromatic carbocycles. The number of para-hydroxylation sites is 1. The minimum atomic E-state index is 0.980. The summed E-state index contributed by atoms with van der Waals surface area (Å²) in [5.41, 5.74) is 1.23. The van der Waals surface area contributed by atoms with Gasteiger partial charge in [0.1, 0.15) is 0 Å². The van der Waals surface area contributed by atoms with Crippen LogP contribution in [-0.2, 0) is 0 Å². The SMILES string of the molecule is CN1CCC/C1=N\CCCCSc1c[nH]c2ccccc12. The largest absolute Gasteiger partial charge is 0.363 e. The summed E-state index contributed by atoms with van der Waals surface area (Å²) in [7, 11) is 2.15. The second-order valence-corrected chi connectivity index (χ2v) is 6.71. The van der Waals surface area contributed by atoms with Gasteiger partial charge in [-0.1, -0.05) is 18.2 Å². The van der Waals surface area contributed by atoms with E-state index in [-0.39, 0.29) is 0 Å². The average molecular weight is 301 g/mol. The first-order valence-corrected chi connectivity index (χ1v) is 8.76. The molecule has 3 rings (SSSR count). The number of nitrogens with zero attached hydrogens (tertiary/aromatic N) is 2. The minimum Gasteiger partial charge on any atom is -0.363 e. The highest BCUT2D eigenvalue weighted by molar-refractivity contribution is 7.99. The molecule has 1 aliphatic heterocycles. The first-order chi connectivity index (χ1) is 10.3. The van der Waals surface area contributed by atoms with Crippen molar-refractivity contribution < 1.29 is 0 Å². The fourth-order valence-corrected chi connectivity index (χ4v) is 3.81. The maximum Gasteiger partial charge on any atom is 0.0986 e. The molecule has 4 heteroatoms. The van der Waals surface area contributed by atoms with Gasteiger partial charge in [0, 0.05) is 48.6 Å². The number of hydrogen-bond donors (Lipinski definition) is 1. The monoisotopic (exact) mass is 301 g/mol. The molecule has 0 radical (unpaired) electrons. The number of unbranched alkanes of at least 4 members (excludes halogenated alkanes) is 1. The normalized spacial score (nSPS) is 17.2. The van der Waals surface area contributed by atoms with Crippen molar-refractivity contribution in [2.75, 3.05) is 25.9 Å². The van der Waals surface area contributed by atoms with Crippen molar-refractivity contribution in [2.45, 2.75) is 30.6 Å². The Bertz CT molecular complexity index is 617. The molecular weight excluding hydrogens is 278 g/mol. The van der Waals surface area contributed by atoms with Gasteiger partial charge in [-0.2, -0.15) is 0 Å². The molecule has 2 aromatic rings. The highest BCUT2D eigenvalue weighted by atomic mass is 32.2. The van der Waals surface area contributed by atoms with Crippen LogP contribution in [0.15, 0.2) is 40.4 Å². The van der Waals surface area contributed by atoms with Crippen molar-refractivity contribution in [1.82, 2.24) is 9.88 Å². The summed E-state index contributed by atoms with van der Waals surface area (Å²) in [5, 5.41) is 1.34. The maximum atomic E-state index is 4.72. The fraction of sp³-hybridized carbons (Fsp3) is 0.471. The Kier molecular flexibility index (Phi) is 4.86. The maximum absolute atomic E-state index is 4.72. The molecular formula is C17H23N3S. The van der Waals surface area contributed by atoms with E-state index in [1.54, 1.807) is 0 Å². The third-order valence-electron chi connectivity index (χ3n) is 3.99. The van der Waals surface area contributed by atoms with E-state index in [1.165, 1.54) is 59.6 Å². The molecule has 1 saturated heterocycles. The van der Waals surface area contributed by atoms with Crippen molar-refractivity contribution in [3.8, 4) is 0 Å². The van der Waals surface area contributed by atoms with Gasteiger partial charge < -0.3 is 9.88 Å². The van der Waals surface area contributed by atoms with Crippen LogP contribution in [0.1, 0.15) is 25.7 Å². The van der Waals surface area contributed by atoms with Crippen LogP contribution in [0.4, 0.5) is 0 Å². The van der Waals surface area contributed by atoms with Crippen LogP contribution in [0.25, 0.3) is 10.9 Å². The number of nitrogens with one attached hydrogen (secondary N) is 1. The molecule has 0 spiro atoms. The number of aliphatic imine (C=N–C) groups is 1. The van der Waals surface area contributed by atoms with E-state index in [0.717, 1.165) is 6.54 Å². The molecule has 0 bridgehead atoms. The van der Waals surface area contributed by atoms with E-state index in [0.29, 0.717) is 0 Å². The first kappa shape index (κ1) is 14.5. The van der Waals surface area contributed by atoms with E-state index in [1.807, 2.05) is 11.8 Å². The molecule has 0 aliphatic carbocycles. The highest BCUT2D eigenvalue weighted by Gasteiger charge is 2.12. The molecule has 0 unspecified atom stereocenters. The zero-order valence-corrected chi connectivity index (χ0v) is 13.5. The smallest absolute Gasteiger partial charge is 0.0986 e. The van der Waals surface area contributed by atoms with Crippen LogP contribution in [-0.4, -0.2) is 41.6 Å². The van der Waals surface area contributed by atoms with Crippen molar-refractivity contribution in [3.63, 3.8) is 0 Å². The van der Waals surface area contributed by atoms with E-state index in [9.17, 15) is 0 Å². The number of aromatic amines is 1. The standard InChI is InChI=1S/C17H23N3S/c1-20-11-6-9-17(20)18-10-4-5-12-21-16-13-19-15-8-3-2-7-14(15)16/h2-3,7-8,13,19H,4-6,9-12H2,1H3/b18-17+. The third-order valence-corrected chi connectivity index (χ3v) is 5.13. The number of hydrogen-bond acceptors (Lipinski definition) is 2. The summed E-state index contributed by atoms with van der Waals surface area (Å²) in [4.78, 5) is 11.7. The van der Waals surface area contributed by atoms with Crippen molar-refractivity contribution >= 4 is 28.5 Å². The Balaban J connectivity index is 1.40. The summed E-state index contributed by atoms with van der Waals surface area (Å²) >= 11 is 1.95. The number of fused-ring (bicyclic) bond motifs is 1. The van der Waals surface area contributed by atoms with E-state index in [2.05, 4.69) is 47.4 Å². The number of amidine groups is 1. The molecule has 0 saturated carbocycles. The minimum absolute atomic E-state index is 0.980. The number of benzene rings is 1. The van der Waals surface area contributed by atoms with Crippen LogP contribution >= 0.6 is 11.8 Å². The Hall–Kier alpha value is -1.42. The topological polar surface area (TPSA) is 31.4 Å². The van der Waals surface area contributed by atoms with E-state index >= 15 is 0 Å².